The second-order valence-corrected chi connectivity index (χ2v) is 4.04. The highest BCUT2D eigenvalue weighted by atomic mass is 16.1. The molecular formula is C11H18N6O. The summed E-state index contributed by atoms with van der Waals surface area (Å²) < 4.78 is 1.45. The van der Waals surface area contributed by atoms with Crippen LogP contribution in [0.2, 0.25) is 0 Å². The predicted octanol–water partition coefficient (Wildman–Crippen LogP) is 0.138. The minimum atomic E-state index is -0.256. The number of aryl methyl sites for hydroxylation is 1. The molecule has 0 aliphatic rings. The summed E-state index contributed by atoms with van der Waals surface area (Å²) in [6, 6.07) is 1.76. The Bertz CT molecular complexity index is 572. The molecule has 0 saturated carbocycles. The molecule has 0 bridgehead atoms. The van der Waals surface area contributed by atoms with Crippen molar-refractivity contribution in [2.45, 2.75) is 20.3 Å². The van der Waals surface area contributed by atoms with Crippen LogP contribution in [-0.4, -0.2) is 39.2 Å². The molecule has 7 nitrogen and oxygen atoms in total. The Labute approximate surface area is 105 Å². The quantitative estimate of drug-likeness (QED) is 0.635. The molecule has 98 valence electrons. The first kappa shape index (κ1) is 12.6. The van der Waals surface area contributed by atoms with Gasteiger partial charge in [0.25, 0.3) is 0 Å². The molecule has 2 heterocycles. The molecule has 2 aromatic rings. The summed E-state index contributed by atoms with van der Waals surface area (Å²) in [5, 5.41) is 12.8. The zero-order chi connectivity index (χ0) is 13.0. The smallest absolute Gasteiger partial charge is 0.349 e. The molecule has 0 fully saturated rings. The molecule has 3 N–H and O–H groups in total. The van der Waals surface area contributed by atoms with Gasteiger partial charge in [0.1, 0.15) is 11.6 Å². The van der Waals surface area contributed by atoms with Gasteiger partial charge in [-0.1, -0.05) is 6.92 Å². The summed E-state index contributed by atoms with van der Waals surface area (Å²) in [4.78, 5) is 15.7. The number of nitrogens with zero attached hydrogens (tertiary/aromatic N) is 3. The van der Waals surface area contributed by atoms with Crippen molar-refractivity contribution in [3.63, 3.8) is 0 Å². The number of hydrogen-bond donors (Lipinski definition) is 3. The van der Waals surface area contributed by atoms with Crippen molar-refractivity contribution in [2.24, 2.45) is 0 Å². The Morgan fingerprint density at radius 2 is 2.28 bits per heavy atom. The van der Waals surface area contributed by atoms with E-state index in [0.29, 0.717) is 11.5 Å². The Hall–Kier alpha value is -1.89. The summed E-state index contributed by atoms with van der Waals surface area (Å²) in [5.74, 6) is 1.37. The van der Waals surface area contributed by atoms with E-state index in [9.17, 15) is 4.79 Å². The highest BCUT2D eigenvalue weighted by Gasteiger charge is 2.06. The molecule has 2 aromatic heterocycles. The Morgan fingerprint density at radius 3 is 3.06 bits per heavy atom. The molecule has 0 saturated heterocycles. The molecule has 0 atom stereocenters. The van der Waals surface area contributed by atoms with Crippen LogP contribution < -0.4 is 16.3 Å². The fourth-order valence-electron chi connectivity index (χ4n) is 1.79. The summed E-state index contributed by atoms with van der Waals surface area (Å²) in [6.45, 7) is 6.67. The number of anilines is 1. The van der Waals surface area contributed by atoms with Crippen LogP contribution in [0.3, 0.4) is 0 Å². The number of aromatic nitrogens is 4. The molecular weight excluding hydrogens is 232 g/mol. The zero-order valence-electron chi connectivity index (χ0n) is 10.7. The number of fused-ring (bicyclic) bond motifs is 1. The average Bonchev–Trinajstić information content (AvgIpc) is 2.71. The molecule has 0 radical (unpaired) electrons. The molecule has 0 spiro atoms. The van der Waals surface area contributed by atoms with Crippen molar-refractivity contribution in [3.05, 3.63) is 22.4 Å². The lowest BCUT2D eigenvalue weighted by molar-refractivity contribution is 0.688. The van der Waals surface area contributed by atoms with Gasteiger partial charge in [0.05, 0.1) is 0 Å². The van der Waals surface area contributed by atoms with Gasteiger partial charge in [-0.05, 0) is 26.4 Å². The first-order chi connectivity index (χ1) is 8.72. The standard InChI is InChI=1S/C11H18N6O/c1-3-12-5-4-6-13-9-7-10-15-16-11(18)17(10)8(2)14-9/h7,12-13H,3-6H2,1-2H3,(H,16,18). The monoisotopic (exact) mass is 250 g/mol. The number of nitrogens with one attached hydrogen (secondary N) is 3. The van der Waals surface area contributed by atoms with Crippen LogP contribution in [0.5, 0.6) is 0 Å². The van der Waals surface area contributed by atoms with E-state index in [0.717, 1.165) is 31.9 Å². The molecule has 0 aromatic carbocycles. The maximum atomic E-state index is 11.4. The Balaban J connectivity index is 2.03. The van der Waals surface area contributed by atoms with Gasteiger partial charge in [-0.15, -0.1) is 0 Å². The Morgan fingerprint density at radius 1 is 1.44 bits per heavy atom. The molecule has 2 rings (SSSR count). The van der Waals surface area contributed by atoms with E-state index in [-0.39, 0.29) is 5.69 Å². The second-order valence-electron chi connectivity index (χ2n) is 4.04. The SMILES string of the molecule is CCNCCCNc1cc2n[nH]c(=O)n2c(C)n1. The van der Waals surface area contributed by atoms with Gasteiger partial charge in [0, 0.05) is 12.6 Å². The lowest BCUT2D eigenvalue weighted by Gasteiger charge is -2.07. The first-order valence-corrected chi connectivity index (χ1v) is 6.11. The van der Waals surface area contributed by atoms with Gasteiger partial charge in [0.15, 0.2) is 5.65 Å². The fraction of sp³-hybridized carbons (Fsp3) is 0.545. The van der Waals surface area contributed by atoms with Gasteiger partial charge in [-0.3, -0.25) is 0 Å². The minimum Gasteiger partial charge on any atom is -0.370 e. The lowest BCUT2D eigenvalue weighted by atomic mass is 10.4. The van der Waals surface area contributed by atoms with Crippen LogP contribution in [0.4, 0.5) is 5.82 Å². The van der Waals surface area contributed by atoms with Crippen molar-refractivity contribution < 1.29 is 0 Å². The average molecular weight is 250 g/mol. The van der Waals surface area contributed by atoms with Crippen molar-refractivity contribution >= 4 is 11.5 Å². The van der Waals surface area contributed by atoms with E-state index in [1.54, 1.807) is 13.0 Å². The fourth-order valence-corrected chi connectivity index (χ4v) is 1.79. The third-order valence-corrected chi connectivity index (χ3v) is 2.66. The number of aromatic amines is 1. The van der Waals surface area contributed by atoms with E-state index < -0.39 is 0 Å². The molecule has 7 heteroatoms. The van der Waals surface area contributed by atoms with E-state index in [1.165, 1.54) is 4.40 Å². The maximum Gasteiger partial charge on any atom is 0.349 e. The van der Waals surface area contributed by atoms with Crippen LogP contribution in [0.25, 0.3) is 5.65 Å². The van der Waals surface area contributed by atoms with Gasteiger partial charge in [-0.25, -0.2) is 19.3 Å². The molecule has 0 amide bonds. The van der Waals surface area contributed by atoms with E-state index in [4.69, 9.17) is 0 Å². The Kier molecular flexibility index (Phi) is 3.93. The normalized spacial score (nSPS) is 11.0. The minimum absolute atomic E-state index is 0.256. The summed E-state index contributed by atoms with van der Waals surface area (Å²) in [7, 11) is 0. The number of hydrogen-bond acceptors (Lipinski definition) is 5. The predicted molar refractivity (Wildman–Crippen MR) is 70.0 cm³/mol. The number of H-pyrrole nitrogens is 1. The van der Waals surface area contributed by atoms with Crippen molar-refractivity contribution in [3.8, 4) is 0 Å². The lowest BCUT2D eigenvalue weighted by Crippen LogP contribution is -2.18. The topological polar surface area (TPSA) is 87.1 Å². The van der Waals surface area contributed by atoms with E-state index in [1.807, 2.05) is 0 Å². The van der Waals surface area contributed by atoms with Crippen molar-refractivity contribution in [1.29, 1.82) is 0 Å². The van der Waals surface area contributed by atoms with Crippen LogP contribution in [0.15, 0.2) is 10.9 Å². The van der Waals surface area contributed by atoms with Crippen LogP contribution in [-0.2, 0) is 0 Å². The molecule has 0 unspecified atom stereocenters. The largest absolute Gasteiger partial charge is 0.370 e. The van der Waals surface area contributed by atoms with Gasteiger partial charge >= 0.3 is 5.69 Å². The molecule has 0 aliphatic carbocycles. The third-order valence-electron chi connectivity index (χ3n) is 2.66. The third kappa shape index (κ3) is 2.67. The van der Waals surface area contributed by atoms with Crippen LogP contribution >= 0.6 is 0 Å². The summed E-state index contributed by atoms with van der Waals surface area (Å²) >= 11 is 0. The van der Waals surface area contributed by atoms with E-state index >= 15 is 0 Å². The van der Waals surface area contributed by atoms with Crippen molar-refractivity contribution in [2.75, 3.05) is 25.0 Å². The highest BCUT2D eigenvalue weighted by molar-refractivity contribution is 5.49. The van der Waals surface area contributed by atoms with Crippen molar-refractivity contribution in [1.82, 2.24) is 24.9 Å². The van der Waals surface area contributed by atoms with Crippen LogP contribution in [0.1, 0.15) is 19.2 Å². The van der Waals surface area contributed by atoms with E-state index in [2.05, 4.69) is 32.7 Å². The maximum absolute atomic E-state index is 11.4. The summed E-state index contributed by atoms with van der Waals surface area (Å²) in [6.07, 6.45) is 1.02. The van der Waals surface area contributed by atoms with Gasteiger partial charge in [-0.2, -0.15) is 5.10 Å². The first-order valence-electron chi connectivity index (χ1n) is 6.11. The summed E-state index contributed by atoms with van der Waals surface area (Å²) in [5.41, 5.74) is 0.329. The second kappa shape index (κ2) is 5.63. The molecule has 18 heavy (non-hydrogen) atoms. The highest BCUT2D eigenvalue weighted by Crippen LogP contribution is 2.07. The number of rotatable bonds is 6. The van der Waals surface area contributed by atoms with Gasteiger partial charge in [0.2, 0.25) is 0 Å². The van der Waals surface area contributed by atoms with Crippen LogP contribution in [0, 0.1) is 6.92 Å². The molecule has 0 aliphatic heterocycles. The van der Waals surface area contributed by atoms with Gasteiger partial charge < -0.3 is 10.6 Å². The zero-order valence-corrected chi connectivity index (χ0v) is 10.7.